The molecule has 25 heavy (non-hydrogen) atoms. The lowest BCUT2D eigenvalue weighted by molar-refractivity contribution is -0.141. The van der Waals surface area contributed by atoms with E-state index in [0.717, 1.165) is 25.3 Å². The van der Waals surface area contributed by atoms with Crippen molar-refractivity contribution in [3.8, 4) is 0 Å². The lowest BCUT2D eigenvalue weighted by Gasteiger charge is -2.12. The van der Waals surface area contributed by atoms with Crippen LogP contribution in [0.4, 0.5) is 0 Å². The van der Waals surface area contributed by atoms with Crippen molar-refractivity contribution in [1.82, 2.24) is 5.32 Å². The van der Waals surface area contributed by atoms with Gasteiger partial charge in [0, 0.05) is 0 Å². The van der Waals surface area contributed by atoms with Crippen LogP contribution in [0.3, 0.4) is 0 Å². The number of hydrogen-bond donors (Lipinski definition) is 2. The summed E-state index contributed by atoms with van der Waals surface area (Å²) < 4.78 is 0. The van der Waals surface area contributed by atoms with Crippen molar-refractivity contribution in [1.29, 1.82) is 0 Å². The second-order valence-corrected chi connectivity index (χ2v) is 6.99. The molecule has 0 spiro atoms. The van der Waals surface area contributed by atoms with Gasteiger partial charge in [0.05, 0.1) is 0 Å². The highest BCUT2D eigenvalue weighted by atomic mass is 16.4. The summed E-state index contributed by atoms with van der Waals surface area (Å²) in [6, 6.07) is -0.789. The molecule has 0 radical (unpaired) electrons. The van der Waals surface area contributed by atoms with E-state index in [0.29, 0.717) is 6.42 Å². The fourth-order valence-corrected chi connectivity index (χ4v) is 3.03. The standard InChI is InChI=1S/C21H39NO3/c1-3-5-6-7-8-9-10-11-12-13-14-15-16-17-18-19(21(24)25)22-20(23)4-2/h4,19H,2-3,5-18H2,1H3,(H,22,23)(H,24,25). The molecule has 2 N–H and O–H groups in total. The summed E-state index contributed by atoms with van der Waals surface area (Å²) in [5.41, 5.74) is 0. The van der Waals surface area contributed by atoms with E-state index in [2.05, 4.69) is 18.8 Å². The van der Waals surface area contributed by atoms with Gasteiger partial charge in [-0.3, -0.25) is 4.79 Å². The Kier molecular flexibility index (Phi) is 16.6. The van der Waals surface area contributed by atoms with E-state index >= 15 is 0 Å². The quantitative estimate of drug-likeness (QED) is 0.248. The second kappa shape index (κ2) is 17.5. The molecule has 4 heteroatoms. The topological polar surface area (TPSA) is 66.4 Å². The number of amides is 1. The first-order valence-corrected chi connectivity index (χ1v) is 10.3. The first kappa shape index (κ1) is 23.7. The zero-order chi connectivity index (χ0) is 18.8. The number of carboxylic acids is 1. The van der Waals surface area contributed by atoms with Crippen LogP contribution in [-0.4, -0.2) is 23.0 Å². The average molecular weight is 354 g/mol. The molecule has 1 amide bonds. The summed E-state index contributed by atoms with van der Waals surface area (Å²) >= 11 is 0. The number of hydrogen-bond acceptors (Lipinski definition) is 2. The summed E-state index contributed by atoms with van der Waals surface area (Å²) in [4.78, 5) is 22.2. The minimum absolute atomic E-state index is 0.419. The van der Waals surface area contributed by atoms with Gasteiger partial charge in [-0.1, -0.05) is 103 Å². The fourth-order valence-electron chi connectivity index (χ4n) is 3.03. The van der Waals surface area contributed by atoms with Crippen LogP contribution in [-0.2, 0) is 9.59 Å². The average Bonchev–Trinajstić information content (AvgIpc) is 2.60. The van der Waals surface area contributed by atoms with Gasteiger partial charge in [-0.2, -0.15) is 0 Å². The Hall–Kier alpha value is -1.32. The number of carbonyl (C=O) groups is 2. The van der Waals surface area contributed by atoms with E-state index in [1.54, 1.807) is 0 Å². The number of carboxylic acid groups (broad SMARTS) is 1. The van der Waals surface area contributed by atoms with Gasteiger partial charge in [0.15, 0.2) is 0 Å². The number of aliphatic carboxylic acids is 1. The van der Waals surface area contributed by atoms with Gasteiger partial charge in [-0.05, 0) is 12.5 Å². The molecule has 0 aliphatic carbocycles. The summed E-state index contributed by atoms with van der Waals surface area (Å²) in [5, 5.41) is 11.5. The number of unbranched alkanes of at least 4 members (excludes halogenated alkanes) is 13. The molecule has 1 unspecified atom stereocenters. The minimum atomic E-state index is -0.968. The highest BCUT2D eigenvalue weighted by Crippen LogP contribution is 2.13. The molecular weight excluding hydrogens is 314 g/mol. The van der Waals surface area contributed by atoms with Crippen molar-refractivity contribution in [2.75, 3.05) is 0 Å². The third-order valence-electron chi connectivity index (χ3n) is 4.65. The van der Waals surface area contributed by atoms with Crippen LogP contribution in [0.25, 0.3) is 0 Å². The molecule has 0 heterocycles. The molecule has 146 valence electrons. The highest BCUT2D eigenvalue weighted by Gasteiger charge is 2.17. The smallest absolute Gasteiger partial charge is 0.326 e. The van der Waals surface area contributed by atoms with E-state index in [1.165, 1.54) is 70.6 Å². The normalized spacial score (nSPS) is 11.9. The number of nitrogens with one attached hydrogen (secondary N) is 1. The van der Waals surface area contributed by atoms with Gasteiger partial charge in [0.25, 0.3) is 0 Å². The fraction of sp³-hybridized carbons (Fsp3) is 0.810. The monoisotopic (exact) mass is 353 g/mol. The molecule has 0 fully saturated rings. The van der Waals surface area contributed by atoms with Crippen molar-refractivity contribution in [3.63, 3.8) is 0 Å². The maximum Gasteiger partial charge on any atom is 0.326 e. The Morgan fingerprint density at radius 3 is 1.60 bits per heavy atom. The van der Waals surface area contributed by atoms with Crippen molar-refractivity contribution in [3.05, 3.63) is 12.7 Å². The molecule has 0 rings (SSSR count). The minimum Gasteiger partial charge on any atom is -0.480 e. The van der Waals surface area contributed by atoms with Crippen molar-refractivity contribution >= 4 is 11.9 Å². The first-order valence-electron chi connectivity index (χ1n) is 10.3. The molecule has 0 aromatic heterocycles. The third-order valence-corrected chi connectivity index (χ3v) is 4.65. The number of rotatable bonds is 18. The summed E-state index contributed by atoms with van der Waals surface area (Å²) in [6.45, 7) is 5.60. The van der Waals surface area contributed by atoms with E-state index in [4.69, 9.17) is 5.11 Å². The lowest BCUT2D eigenvalue weighted by atomic mass is 10.0. The molecule has 0 aliphatic rings. The molecule has 0 bridgehead atoms. The van der Waals surface area contributed by atoms with Gasteiger partial charge in [-0.15, -0.1) is 0 Å². The third kappa shape index (κ3) is 15.9. The van der Waals surface area contributed by atoms with Crippen LogP contribution in [0.5, 0.6) is 0 Å². The summed E-state index contributed by atoms with van der Waals surface area (Å²) in [5.74, 6) is -1.39. The number of carbonyl (C=O) groups excluding carboxylic acids is 1. The van der Waals surface area contributed by atoms with Gasteiger partial charge in [0.1, 0.15) is 6.04 Å². The Bertz CT molecular complexity index is 355. The van der Waals surface area contributed by atoms with Gasteiger partial charge in [-0.25, -0.2) is 4.79 Å². The predicted octanol–water partition coefficient (Wildman–Crippen LogP) is 5.61. The molecule has 0 aliphatic heterocycles. The summed E-state index contributed by atoms with van der Waals surface area (Å²) in [7, 11) is 0. The zero-order valence-corrected chi connectivity index (χ0v) is 16.2. The van der Waals surface area contributed by atoms with Crippen LogP contribution in [0, 0.1) is 0 Å². The molecular formula is C21H39NO3. The van der Waals surface area contributed by atoms with Crippen LogP contribution in [0.2, 0.25) is 0 Å². The Morgan fingerprint density at radius 1 is 0.840 bits per heavy atom. The first-order chi connectivity index (χ1) is 12.1. The van der Waals surface area contributed by atoms with E-state index < -0.39 is 17.9 Å². The van der Waals surface area contributed by atoms with Gasteiger partial charge in [0.2, 0.25) is 5.91 Å². The van der Waals surface area contributed by atoms with E-state index in [1.807, 2.05) is 0 Å². The zero-order valence-electron chi connectivity index (χ0n) is 16.2. The van der Waals surface area contributed by atoms with Crippen LogP contribution in [0.15, 0.2) is 12.7 Å². The molecule has 1 atom stereocenters. The van der Waals surface area contributed by atoms with E-state index in [-0.39, 0.29) is 0 Å². The Balaban J connectivity index is 3.38. The molecule has 0 aromatic rings. The largest absolute Gasteiger partial charge is 0.480 e. The maximum absolute atomic E-state index is 11.2. The Morgan fingerprint density at radius 2 is 1.24 bits per heavy atom. The molecule has 0 aromatic carbocycles. The van der Waals surface area contributed by atoms with Gasteiger partial charge < -0.3 is 10.4 Å². The maximum atomic E-state index is 11.2. The predicted molar refractivity (Wildman–Crippen MR) is 105 cm³/mol. The van der Waals surface area contributed by atoms with Crippen molar-refractivity contribution < 1.29 is 14.7 Å². The van der Waals surface area contributed by atoms with Crippen LogP contribution >= 0.6 is 0 Å². The highest BCUT2D eigenvalue weighted by molar-refractivity contribution is 5.90. The molecule has 0 saturated carbocycles. The second-order valence-electron chi connectivity index (χ2n) is 6.99. The van der Waals surface area contributed by atoms with Crippen molar-refractivity contribution in [2.24, 2.45) is 0 Å². The van der Waals surface area contributed by atoms with Crippen LogP contribution in [0.1, 0.15) is 103 Å². The van der Waals surface area contributed by atoms with Gasteiger partial charge >= 0.3 is 5.97 Å². The molecule has 4 nitrogen and oxygen atoms in total. The Labute approximate surface area is 154 Å². The SMILES string of the molecule is C=CC(=O)NC(CCCCCCCCCCCCCCCC)C(=O)O. The lowest BCUT2D eigenvalue weighted by Crippen LogP contribution is -2.39. The molecule has 0 saturated heterocycles. The van der Waals surface area contributed by atoms with E-state index in [9.17, 15) is 9.59 Å². The summed E-state index contributed by atoms with van der Waals surface area (Å²) in [6.07, 6.45) is 19.5. The van der Waals surface area contributed by atoms with Crippen molar-refractivity contribution in [2.45, 2.75) is 109 Å². The van der Waals surface area contributed by atoms with Crippen LogP contribution < -0.4 is 5.32 Å².